The van der Waals surface area contributed by atoms with Crippen LogP contribution in [0.1, 0.15) is 12.5 Å². The third kappa shape index (κ3) is 4.89. The second-order valence-corrected chi connectivity index (χ2v) is 6.05. The lowest BCUT2D eigenvalue weighted by molar-refractivity contribution is -0.122. The smallest absolute Gasteiger partial charge is 0.234 e. The summed E-state index contributed by atoms with van der Waals surface area (Å²) in [5, 5.41) is 2.85. The van der Waals surface area contributed by atoms with Crippen molar-refractivity contribution >= 4 is 21.8 Å². The molecule has 20 heavy (non-hydrogen) atoms. The zero-order valence-corrected chi connectivity index (χ0v) is 13.5. The SMILES string of the molecule is CCNC(=O)CN1CCN(Cc2cccc(Br)c2)CC1. The van der Waals surface area contributed by atoms with Crippen molar-refractivity contribution in [3.63, 3.8) is 0 Å². The van der Waals surface area contributed by atoms with Gasteiger partial charge in [-0.05, 0) is 24.6 Å². The number of hydrogen-bond donors (Lipinski definition) is 1. The number of nitrogens with one attached hydrogen (secondary N) is 1. The molecule has 0 bridgehead atoms. The Hall–Kier alpha value is -0.910. The summed E-state index contributed by atoms with van der Waals surface area (Å²) in [6.45, 7) is 8.14. The van der Waals surface area contributed by atoms with Gasteiger partial charge in [-0.25, -0.2) is 0 Å². The Balaban J connectivity index is 1.75. The molecule has 0 spiro atoms. The quantitative estimate of drug-likeness (QED) is 0.886. The lowest BCUT2D eigenvalue weighted by Crippen LogP contribution is -2.49. The number of amides is 1. The van der Waals surface area contributed by atoms with Gasteiger partial charge in [0.25, 0.3) is 0 Å². The van der Waals surface area contributed by atoms with Gasteiger partial charge in [-0.15, -0.1) is 0 Å². The number of rotatable bonds is 5. The fraction of sp³-hybridized carbons (Fsp3) is 0.533. The second kappa shape index (κ2) is 7.76. The van der Waals surface area contributed by atoms with E-state index in [0.29, 0.717) is 13.1 Å². The molecule has 1 fully saturated rings. The summed E-state index contributed by atoms with van der Waals surface area (Å²) < 4.78 is 1.13. The molecule has 1 aromatic rings. The minimum Gasteiger partial charge on any atom is -0.355 e. The van der Waals surface area contributed by atoms with E-state index in [-0.39, 0.29) is 5.91 Å². The highest BCUT2D eigenvalue weighted by molar-refractivity contribution is 9.10. The molecule has 1 N–H and O–H groups in total. The standard InChI is InChI=1S/C15H22BrN3O/c1-2-17-15(20)12-19-8-6-18(7-9-19)11-13-4-3-5-14(16)10-13/h3-5,10H,2,6-9,11-12H2,1H3,(H,17,20). The van der Waals surface area contributed by atoms with E-state index in [0.717, 1.165) is 37.2 Å². The maximum absolute atomic E-state index is 11.5. The van der Waals surface area contributed by atoms with Gasteiger partial charge in [-0.2, -0.15) is 0 Å². The lowest BCUT2D eigenvalue weighted by Gasteiger charge is -2.34. The third-order valence-corrected chi connectivity index (χ3v) is 3.99. The summed E-state index contributed by atoms with van der Waals surface area (Å²) in [6, 6.07) is 8.45. The van der Waals surface area contributed by atoms with Crippen LogP contribution < -0.4 is 5.32 Å². The van der Waals surface area contributed by atoms with E-state index in [4.69, 9.17) is 0 Å². The molecule has 5 heteroatoms. The maximum atomic E-state index is 11.5. The minimum absolute atomic E-state index is 0.132. The molecule has 1 aromatic carbocycles. The fourth-order valence-electron chi connectivity index (χ4n) is 2.46. The fourth-order valence-corrected chi connectivity index (χ4v) is 2.90. The number of likely N-dealkylation sites (N-methyl/N-ethyl adjacent to an activating group) is 1. The molecular weight excluding hydrogens is 318 g/mol. The molecule has 1 amide bonds. The van der Waals surface area contributed by atoms with E-state index >= 15 is 0 Å². The first-order chi connectivity index (χ1) is 9.67. The predicted molar refractivity (Wildman–Crippen MR) is 84.5 cm³/mol. The van der Waals surface area contributed by atoms with Crippen molar-refractivity contribution in [2.75, 3.05) is 39.3 Å². The van der Waals surface area contributed by atoms with Gasteiger partial charge in [0.2, 0.25) is 5.91 Å². The molecule has 1 aliphatic rings. The first kappa shape index (κ1) is 15.5. The van der Waals surface area contributed by atoms with Crippen molar-refractivity contribution in [2.45, 2.75) is 13.5 Å². The molecule has 4 nitrogen and oxygen atoms in total. The van der Waals surface area contributed by atoms with E-state index in [9.17, 15) is 4.79 Å². The summed E-state index contributed by atoms with van der Waals surface area (Å²) in [5.41, 5.74) is 1.33. The van der Waals surface area contributed by atoms with E-state index in [1.54, 1.807) is 0 Å². The number of piperazine rings is 1. The van der Waals surface area contributed by atoms with Gasteiger partial charge in [-0.1, -0.05) is 28.1 Å². The first-order valence-corrected chi connectivity index (χ1v) is 7.92. The maximum Gasteiger partial charge on any atom is 0.234 e. The van der Waals surface area contributed by atoms with Gasteiger partial charge in [0.05, 0.1) is 6.54 Å². The monoisotopic (exact) mass is 339 g/mol. The summed E-state index contributed by atoms with van der Waals surface area (Å²) in [4.78, 5) is 16.2. The number of nitrogens with zero attached hydrogens (tertiary/aromatic N) is 2. The Kier molecular flexibility index (Phi) is 6.01. The molecule has 1 aliphatic heterocycles. The second-order valence-electron chi connectivity index (χ2n) is 5.14. The third-order valence-electron chi connectivity index (χ3n) is 3.50. The molecule has 0 unspecified atom stereocenters. The molecular formula is C15H22BrN3O. The van der Waals surface area contributed by atoms with Crippen LogP contribution in [0.5, 0.6) is 0 Å². The number of carbonyl (C=O) groups excluding carboxylic acids is 1. The Labute approximate surface area is 129 Å². The Morgan fingerprint density at radius 3 is 2.60 bits per heavy atom. The van der Waals surface area contributed by atoms with Crippen LogP contribution >= 0.6 is 15.9 Å². The van der Waals surface area contributed by atoms with Gasteiger partial charge in [-0.3, -0.25) is 14.6 Å². The topological polar surface area (TPSA) is 35.6 Å². The van der Waals surface area contributed by atoms with Crippen LogP contribution in [0.4, 0.5) is 0 Å². The number of hydrogen-bond acceptors (Lipinski definition) is 3. The van der Waals surface area contributed by atoms with E-state index in [2.05, 4.69) is 49.2 Å². The van der Waals surface area contributed by atoms with Gasteiger partial charge in [0.1, 0.15) is 0 Å². The minimum atomic E-state index is 0.132. The highest BCUT2D eigenvalue weighted by Gasteiger charge is 2.18. The predicted octanol–water partition coefficient (Wildman–Crippen LogP) is 1.70. The van der Waals surface area contributed by atoms with Gasteiger partial charge < -0.3 is 5.32 Å². The molecule has 0 aliphatic carbocycles. The zero-order valence-electron chi connectivity index (χ0n) is 11.9. The molecule has 0 saturated carbocycles. The number of benzene rings is 1. The molecule has 2 rings (SSSR count). The average molecular weight is 340 g/mol. The van der Waals surface area contributed by atoms with Crippen molar-refractivity contribution < 1.29 is 4.79 Å². The summed E-state index contributed by atoms with van der Waals surface area (Å²) >= 11 is 3.51. The van der Waals surface area contributed by atoms with Crippen LogP contribution in [0, 0.1) is 0 Å². The van der Waals surface area contributed by atoms with Gasteiger partial charge in [0, 0.05) is 43.7 Å². The lowest BCUT2D eigenvalue weighted by atomic mass is 10.2. The number of halogens is 1. The Morgan fingerprint density at radius 1 is 1.25 bits per heavy atom. The summed E-state index contributed by atoms with van der Waals surface area (Å²) in [7, 11) is 0. The van der Waals surface area contributed by atoms with Gasteiger partial charge in [0.15, 0.2) is 0 Å². The van der Waals surface area contributed by atoms with E-state index in [1.807, 2.05) is 13.0 Å². The Bertz CT molecular complexity index is 444. The first-order valence-electron chi connectivity index (χ1n) is 7.13. The van der Waals surface area contributed by atoms with Crippen molar-refractivity contribution in [2.24, 2.45) is 0 Å². The zero-order chi connectivity index (χ0) is 14.4. The van der Waals surface area contributed by atoms with Crippen LogP contribution in [0.2, 0.25) is 0 Å². The highest BCUT2D eigenvalue weighted by Crippen LogP contribution is 2.14. The Morgan fingerprint density at radius 2 is 1.95 bits per heavy atom. The van der Waals surface area contributed by atoms with E-state index < -0.39 is 0 Å². The normalized spacial score (nSPS) is 17.1. The molecule has 0 aromatic heterocycles. The summed E-state index contributed by atoms with van der Waals surface area (Å²) in [6.07, 6.45) is 0. The number of carbonyl (C=O) groups is 1. The van der Waals surface area contributed by atoms with Crippen molar-refractivity contribution in [1.82, 2.24) is 15.1 Å². The molecule has 1 saturated heterocycles. The van der Waals surface area contributed by atoms with Crippen LogP contribution in [-0.2, 0) is 11.3 Å². The molecule has 0 atom stereocenters. The average Bonchev–Trinajstić information content (AvgIpc) is 2.41. The van der Waals surface area contributed by atoms with Crippen LogP contribution in [0.15, 0.2) is 28.7 Å². The largest absolute Gasteiger partial charge is 0.355 e. The van der Waals surface area contributed by atoms with Crippen molar-refractivity contribution in [1.29, 1.82) is 0 Å². The van der Waals surface area contributed by atoms with Crippen molar-refractivity contribution in [3.8, 4) is 0 Å². The van der Waals surface area contributed by atoms with E-state index in [1.165, 1.54) is 5.56 Å². The van der Waals surface area contributed by atoms with Crippen LogP contribution in [-0.4, -0.2) is 55.0 Å². The van der Waals surface area contributed by atoms with Crippen LogP contribution in [0.25, 0.3) is 0 Å². The highest BCUT2D eigenvalue weighted by atomic mass is 79.9. The van der Waals surface area contributed by atoms with Crippen LogP contribution in [0.3, 0.4) is 0 Å². The summed E-state index contributed by atoms with van der Waals surface area (Å²) in [5.74, 6) is 0.132. The van der Waals surface area contributed by atoms with Crippen molar-refractivity contribution in [3.05, 3.63) is 34.3 Å². The van der Waals surface area contributed by atoms with Gasteiger partial charge >= 0.3 is 0 Å². The molecule has 1 heterocycles. The molecule has 0 radical (unpaired) electrons. The molecule has 110 valence electrons.